The number of hydrazone groups is 1. The summed E-state index contributed by atoms with van der Waals surface area (Å²) in [5, 5.41) is 4.84. The van der Waals surface area contributed by atoms with E-state index >= 15 is 0 Å². The van der Waals surface area contributed by atoms with Crippen molar-refractivity contribution in [1.29, 1.82) is 0 Å². The topological polar surface area (TPSA) is 106 Å². The van der Waals surface area contributed by atoms with Crippen LogP contribution in [0.1, 0.15) is 18.1 Å². The van der Waals surface area contributed by atoms with Gasteiger partial charge in [0.05, 0.1) is 19.4 Å². The molecule has 0 spiro atoms. The summed E-state index contributed by atoms with van der Waals surface area (Å²) in [4.78, 5) is 31.4. The zero-order valence-electron chi connectivity index (χ0n) is 17.5. The molecule has 0 atom stereocenters. The monoisotopic (exact) mass is 452 g/mol. The number of H-pyrrole nitrogens is 1. The van der Waals surface area contributed by atoms with Crippen LogP contribution in [0.3, 0.4) is 0 Å². The third-order valence-electron chi connectivity index (χ3n) is 4.81. The van der Waals surface area contributed by atoms with E-state index in [0.29, 0.717) is 24.1 Å². The molecule has 2 aromatic carbocycles. The summed E-state index contributed by atoms with van der Waals surface area (Å²) in [6, 6.07) is 14.8. The molecule has 0 radical (unpaired) electrons. The summed E-state index contributed by atoms with van der Waals surface area (Å²) < 4.78 is 8.38. The Balaban J connectivity index is 1.71. The summed E-state index contributed by atoms with van der Waals surface area (Å²) in [5.74, 6) is 1.09. The van der Waals surface area contributed by atoms with Crippen LogP contribution in [0, 0.1) is 0 Å². The lowest BCUT2D eigenvalue weighted by Gasteiger charge is -2.08. The molecule has 4 rings (SSSR count). The van der Waals surface area contributed by atoms with Crippen molar-refractivity contribution in [2.24, 2.45) is 12.1 Å². The third kappa shape index (κ3) is 4.42. The Morgan fingerprint density at radius 2 is 2.00 bits per heavy atom. The molecule has 0 aliphatic carbocycles. The smallest absolute Gasteiger partial charge is 0.329 e. The highest BCUT2D eigenvalue weighted by molar-refractivity contribution is 6.30. The van der Waals surface area contributed by atoms with Crippen LogP contribution >= 0.6 is 11.6 Å². The largest absolute Gasteiger partial charge is 0.494 e. The van der Waals surface area contributed by atoms with Crippen molar-refractivity contribution in [3.8, 4) is 5.75 Å². The van der Waals surface area contributed by atoms with Gasteiger partial charge in [0.2, 0.25) is 5.95 Å². The SMILES string of the molecule is CCOc1ccc(/C=N\Nc2nc3c(c(=O)[nH]c(=O)n3C)n2Cc2cccc(Cl)c2)cc1. The molecule has 164 valence electrons. The standard InChI is InChI=1S/C22H21ClN6O3/c1-3-32-17-9-7-14(8-10-17)12-24-27-21-25-19-18(20(30)26-22(31)28(19)2)29(21)13-15-5-4-6-16(23)11-15/h4-12H,3,13H2,1-2H3,(H,25,27)(H,26,30,31)/b24-12-. The van der Waals surface area contributed by atoms with Gasteiger partial charge in [-0.2, -0.15) is 10.1 Å². The van der Waals surface area contributed by atoms with E-state index in [-0.39, 0.29) is 11.2 Å². The van der Waals surface area contributed by atoms with E-state index in [1.54, 1.807) is 30.0 Å². The number of aryl methyl sites for hydroxylation is 1. The van der Waals surface area contributed by atoms with E-state index in [1.807, 2.05) is 43.3 Å². The highest BCUT2D eigenvalue weighted by Gasteiger charge is 2.17. The predicted molar refractivity (Wildman–Crippen MR) is 125 cm³/mol. The molecule has 0 saturated carbocycles. The molecule has 0 bridgehead atoms. The number of rotatable bonds is 7. The van der Waals surface area contributed by atoms with Gasteiger partial charge in [0.15, 0.2) is 11.2 Å². The van der Waals surface area contributed by atoms with Crippen LogP contribution in [0.2, 0.25) is 5.02 Å². The second-order valence-corrected chi connectivity index (χ2v) is 7.45. The molecule has 0 amide bonds. The average molecular weight is 453 g/mol. The van der Waals surface area contributed by atoms with E-state index in [0.717, 1.165) is 16.9 Å². The number of benzene rings is 2. The molecule has 2 heterocycles. The first-order chi connectivity index (χ1) is 15.5. The van der Waals surface area contributed by atoms with Gasteiger partial charge in [-0.25, -0.2) is 10.2 Å². The maximum atomic E-state index is 12.6. The Morgan fingerprint density at radius 1 is 1.22 bits per heavy atom. The van der Waals surface area contributed by atoms with Crippen molar-refractivity contribution >= 4 is 34.9 Å². The number of hydrogen-bond acceptors (Lipinski definition) is 6. The van der Waals surface area contributed by atoms with Crippen LogP contribution in [0.25, 0.3) is 11.2 Å². The van der Waals surface area contributed by atoms with Crippen LogP contribution in [0.5, 0.6) is 5.75 Å². The summed E-state index contributed by atoms with van der Waals surface area (Å²) in [5.41, 5.74) is 4.04. The fraction of sp³-hybridized carbons (Fsp3) is 0.182. The zero-order valence-corrected chi connectivity index (χ0v) is 18.3. The minimum absolute atomic E-state index is 0.250. The Bertz CT molecular complexity index is 1400. The van der Waals surface area contributed by atoms with E-state index in [1.165, 1.54) is 4.57 Å². The predicted octanol–water partition coefficient (Wildman–Crippen LogP) is 2.97. The lowest BCUT2D eigenvalue weighted by molar-refractivity contribution is 0.340. The van der Waals surface area contributed by atoms with Crippen LogP contribution in [0.4, 0.5) is 5.95 Å². The number of nitrogens with one attached hydrogen (secondary N) is 2. The van der Waals surface area contributed by atoms with Crippen molar-refractivity contribution in [2.45, 2.75) is 13.5 Å². The first kappa shape index (κ1) is 21.4. The van der Waals surface area contributed by atoms with Crippen molar-refractivity contribution in [3.05, 3.63) is 85.5 Å². The van der Waals surface area contributed by atoms with Gasteiger partial charge in [-0.15, -0.1) is 0 Å². The molecule has 0 unspecified atom stereocenters. The number of aromatic amines is 1. The van der Waals surface area contributed by atoms with Crippen molar-refractivity contribution < 1.29 is 4.74 Å². The Kier molecular flexibility index (Phi) is 6.09. The van der Waals surface area contributed by atoms with Gasteiger partial charge >= 0.3 is 5.69 Å². The number of imidazole rings is 1. The minimum Gasteiger partial charge on any atom is -0.494 e. The Labute approximate surface area is 187 Å². The molecule has 0 fully saturated rings. The lowest BCUT2D eigenvalue weighted by atomic mass is 10.2. The molecular formula is C22H21ClN6O3. The Hall–Kier alpha value is -3.85. The van der Waals surface area contributed by atoms with Crippen LogP contribution in [-0.4, -0.2) is 31.9 Å². The van der Waals surface area contributed by atoms with Gasteiger partial charge in [0.1, 0.15) is 5.75 Å². The normalized spacial score (nSPS) is 11.3. The number of anilines is 1. The fourth-order valence-corrected chi connectivity index (χ4v) is 3.49. The van der Waals surface area contributed by atoms with Crippen LogP contribution in [0.15, 0.2) is 63.2 Å². The fourth-order valence-electron chi connectivity index (χ4n) is 3.27. The van der Waals surface area contributed by atoms with Crippen LogP contribution in [-0.2, 0) is 13.6 Å². The molecule has 32 heavy (non-hydrogen) atoms. The first-order valence-corrected chi connectivity index (χ1v) is 10.3. The molecule has 0 aliphatic rings. The highest BCUT2D eigenvalue weighted by atomic mass is 35.5. The Morgan fingerprint density at radius 3 is 2.72 bits per heavy atom. The maximum absolute atomic E-state index is 12.6. The summed E-state index contributed by atoms with van der Waals surface area (Å²) in [6.07, 6.45) is 1.63. The second-order valence-electron chi connectivity index (χ2n) is 7.01. The molecule has 9 nitrogen and oxygen atoms in total. The van der Waals surface area contributed by atoms with E-state index in [9.17, 15) is 9.59 Å². The van der Waals surface area contributed by atoms with Crippen molar-refractivity contribution in [2.75, 3.05) is 12.0 Å². The van der Waals surface area contributed by atoms with Crippen molar-refractivity contribution in [1.82, 2.24) is 19.1 Å². The third-order valence-corrected chi connectivity index (χ3v) is 5.04. The molecule has 2 N–H and O–H groups in total. The minimum atomic E-state index is -0.542. The molecule has 4 aromatic rings. The maximum Gasteiger partial charge on any atom is 0.329 e. The molecule has 10 heteroatoms. The number of nitrogens with zero attached hydrogens (tertiary/aromatic N) is 4. The van der Waals surface area contributed by atoms with Gasteiger partial charge < -0.3 is 4.74 Å². The van der Waals surface area contributed by atoms with E-state index < -0.39 is 11.2 Å². The summed E-state index contributed by atoms with van der Waals surface area (Å²) in [7, 11) is 1.55. The molecule has 2 aromatic heterocycles. The highest BCUT2D eigenvalue weighted by Crippen LogP contribution is 2.19. The quantitative estimate of drug-likeness (QED) is 0.331. The van der Waals surface area contributed by atoms with Gasteiger partial charge in [-0.3, -0.25) is 18.9 Å². The number of fused-ring (bicyclic) bond motifs is 1. The number of ether oxygens (including phenoxy) is 1. The van der Waals surface area contributed by atoms with Gasteiger partial charge in [0.25, 0.3) is 5.56 Å². The van der Waals surface area contributed by atoms with E-state index in [4.69, 9.17) is 16.3 Å². The second kappa shape index (κ2) is 9.11. The number of hydrogen-bond donors (Lipinski definition) is 2. The molecular weight excluding hydrogens is 432 g/mol. The average Bonchev–Trinajstić information content (AvgIpc) is 3.12. The van der Waals surface area contributed by atoms with Crippen LogP contribution < -0.4 is 21.4 Å². The van der Waals surface area contributed by atoms with Gasteiger partial charge in [-0.1, -0.05) is 23.7 Å². The van der Waals surface area contributed by atoms with Gasteiger partial charge in [-0.05, 0) is 54.4 Å². The first-order valence-electron chi connectivity index (χ1n) is 9.92. The summed E-state index contributed by atoms with van der Waals surface area (Å²) >= 11 is 6.12. The van der Waals surface area contributed by atoms with E-state index in [2.05, 4.69) is 20.5 Å². The number of aromatic nitrogens is 4. The van der Waals surface area contributed by atoms with Gasteiger partial charge in [0, 0.05) is 12.1 Å². The summed E-state index contributed by atoms with van der Waals surface area (Å²) in [6.45, 7) is 2.83. The van der Waals surface area contributed by atoms with Crippen molar-refractivity contribution in [3.63, 3.8) is 0 Å². The number of halogens is 1. The molecule has 0 saturated heterocycles. The lowest BCUT2D eigenvalue weighted by Crippen LogP contribution is -2.29. The molecule has 0 aliphatic heterocycles. The zero-order chi connectivity index (χ0) is 22.7.